The van der Waals surface area contributed by atoms with Crippen molar-refractivity contribution in [2.75, 3.05) is 5.32 Å². The fraction of sp³-hybridized carbons (Fsp3) is 0.429. The Bertz CT molecular complexity index is 513. The number of rotatable bonds is 3. The van der Waals surface area contributed by atoms with Crippen LogP contribution in [0.5, 0.6) is 0 Å². The maximum absolute atomic E-state index is 12.2. The fourth-order valence-corrected chi connectivity index (χ4v) is 3.13. The van der Waals surface area contributed by atoms with Crippen LogP contribution in [0.2, 0.25) is 10.0 Å². The molecule has 1 aliphatic rings. The van der Waals surface area contributed by atoms with Gasteiger partial charge in [-0.15, -0.1) is 0 Å². The molecule has 1 aromatic carbocycles. The molecule has 6 heteroatoms. The van der Waals surface area contributed by atoms with Crippen LogP contribution in [0.3, 0.4) is 0 Å². The van der Waals surface area contributed by atoms with Gasteiger partial charge < -0.3 is 10.4 Å². The van der Waals surface area contributed by atoms with E-state index in [4.69, 9.17) is 23.2 Å². The lowest BCUT2D eigenvalue weighted by Crippen LogP contribution is -2.36. The zero-order valence-electron chi connectivity index (χ0n) is 10.7. The summed E-state index contributed by atoms with van der Waals surface area (Å²) in [5, 5.41) is 12.7. The molecule has 0 aromatic heterocycles. The van der Waals surface area contributed by atoms with Crippen LogP contribution in [0, 0.1) is 11.8 Å². The molecule has 0 unspecified atom stereocenters. The Morgan fingerprint density at radius 3 is 2.15 bits per heavy atom. The first-order valence-electron chi connectivity index (χ1n) is 6.47. The van der Waals surface area contributed by atoms with Crippen molar-refractivity contribution in [3.05, 3.63) is 28.2 Å². The molecule has 1 fully saturated rings. The SMILES string of the molecule is O=C(O)[C@@H]1CCCC[C@H]1C(=O)Nc1cc(Cl)cc(Cl)c1. The van der Waals surface area contributed by atoms with Crippen LogP contribution in [0.25, 0.3) is 0 Å². The number of hydrogen-bond donors (Lipinski definition) is 2. The molecule has 1 aromatic rings. The summed E-state index contributed by atoms with van der Waals surface area (Å²) >= 11 is 11.7. The van der Waals surface area contributed by atoms with Gasteiger partial charge in [0.05, 0.1) is 11.8 Å². The molecule has 1 amide bonds. The van der Waals surface area contributed by atoms with Crippen LogP contribution >= 0.6 is 23.2 Å². The second-order valence-electron chi connectivity index (χ2n) is 4.98. The van der Waals surface area contributed by atoms with E-state index in [9.17, 15) is 14.7 Å². The van der Waals surface area contributed by atoms with Crippen molar-refractivity contribution in [2.24, 2.45) is 11.8 Å². The summed E-state index contributed by atoms with van der Waals surface area (Å²) in [5.74, 6) is -2.30. The van der Waals surface area contributed by atoms with Crippen molar-refractivity contribution in [2.45, 2.75) is 25.7 Å². The lowest BCUT2D eigenvalue weighted by atomic mass is 9.78. The first kappa shape index (κ1) is 15.1. The summed E-state index contributed by atoms with van der Waals surface area (Å²) in [7, 11) is 0. The zero-order chi connectivity index (χ0) is 14.7. The number of carboxylic acids is 1. The molecule has 1 saturated carbocycles. The molecule has 0 saturated heterocycles. The van der Waals surface area contributed by atoms with E-state index in [1.54, 1.807) is 18.2 Å². The van der Waals surface area contributed by atoms with Crippen LogP contribution in [-0.4, -0.2) is 17.0 Å². The molecule has 108 valence electrons. The fourth-order valence-electron chi connectivity index (χ4n) is 2.60. The van der Waals surface area contributed by atoms with Crippen LogP contribution in [-0.2, 0) is 9.59 Å². The molecule has 0 heterocycles. The van der Waals surface area contributed by atoms with Gasteiger partial charge in [0.25, 0.3) is 0 Å². The number of carboxylic acid groups (broad SMARTS) is 1. The largest absolute Gasteiger partial charge is 0.481 e. The first-order chi connectivity index (χ1) is 9.47. The van der Waals surface area contributed by atoms with E-state index >= 15 is 0 Å². The topological polar surface area (TPSA) is 66.4 Å². The van der Waals surface area contributed by atoms with Crippen LogP contribution in [0.4, 0.5) is 5.69 Å². The lowest BCUT2D eigenvalue weighted by Gasteiger charge is -2.27. The minimum absolute atomic E-state index is 0.282. The number of benzene rings is 1. The van der Waals surface area contributed by atoms with Gasteiger partial charge >= 0.3 is 5.97 Å². The highest BCUT2D eigenvalue weighted by Gasteiger charge is 2.35. The van der Waals surface area contributed by atoms with Crippen molar-refractivity contribution < 1.29 is 14.7 Å². The smallest absolute Gasteiger partial charge is 0.307 e. The Morgan fingerprint density at radius 2 is 1.60 bits per heavy atom. The number of carbonyl (C=O) groups is 2. The standard InChI is InChI=1S/C14H15Cl2NO3/c15-8-5-9(16)7-10(6-8)17-13(18)11-3-1-2-4-12(11)14(19)20/h5-7,11-12H,1-4H2,(H,17,18)(H,19,20)/t11-,12-/m1/s1. The molecule has 0 spiro atoms. The average molecular weight is 316 g/mol. The quantitative estimate of drug-likeness (QED) is 0.891. The molecule has 1 aliphatic carbocycles. The van der Waals surface area contributed by atoms with Crippen molar-refractivity contribution in [3.63, 3.8) is 0 Å². The van der Waals surface area contributed by atoms with Crippen LogP contribution < -0.4 is 5.32 Å². The van der Waals surface area contributed by atoms with Gasteiger partial charge in [0.1, 0.15) is 0 Å². The highest BCUT2D eigenvalue weighted by Crippen LogP contribution is 2.32. The minimum atomic E-state index is -0.908. The number of nitrogens with one attached hydrogen (secondary N) is 1. The highest BCUT2D eigenvalue weighted by molar-refractivity contribution is 6.35. The van der Waals surface area contributed by atoms with E-state index in [1.165, 1.54) is 0 Å². The number of amides is 1. The molecular formula is C14H15Cl2NO3. The zero-order valence-corrected chi connectivity index (χ0v) is 12.2. The molecule has 2 atom stereocenters. The van der Waals surface area contributed by atoms with E-state index in [0.717, 1.165) is 12.8 Å². The number of hydrogen-bond acceptors (Lipinski definition) is 2. The van der Waals surface area contributed by atoms with E-state index in [0.29, 0.717) is 28.6 Å². The van der Waals surface area contributed by atoms with E-state index in [1.807, 2.05) is 0 Å². The predicted octanol–water partition coefficient (Wildman–Crippen LogP) is 3.82. The third kappa shape index (κ3) is 3.64. The van der Waals surface area contributed by atoms with Gasteiger partial charge in [-0.25, -0.2) is 0 Å². The molecule has 2 rings (SSSR count). The molecule has 4 nitrogen and oxygen atoms in total. The summed E-state index contributed by atoms with van der Waals surface area (Å²) in [5.41, 5.74) is 0.488. The summed E-state index contributed by atoms with van der Waals surface area (Å²) in [6, 6.07) is 4.74. The summed E-state index contributed by atoms with van der Waals surface area (Å²) < 4.78 is 0. The number of anilines is 1. The highest BCUT2D eigenvalue weighted by atomic mass is 35.5. The van der Waals surface area contributed by atoms with Gasteiger partial charge in [-0.2, -0.15) is 0 Å². The minimum Gasteiger partial charge on any atom is -0.481 e. The van der Waals surface area contributed by atoms with E-state index in [2.05, 4.69) is 5.32 Å². The van der Waals surface area contributed by atoms with Gasteiger partial charge in [0.2, 0.25) is 5.91 Å². The Kier molecular flexibility index (Phi) is 4.89. The van der Waals surface area contributed by atoms with Gasteiger partial charge in [-0.05, 0) is 31.0 Å². The molecule has 0 aliphatic heterocycles. The number of carbonyl (C=O) groups excluding carboxylic acids is 1. The maximum Gasteiger partial charge on any atom is 0.307 e. The van der Waals surface area contributed by atoms with Crippen molar-refractivity contribution in [1.82, 2.24) is 0 Å². The summed E-state index contributed by atoms with van der Waals surface area (Å²) in [4.78, 5) is 23.5. The van der Waals surface area contributed by atoms with Crippen molar-refractivity contribution in [1.29, 1.82) is 0 Å². The van der Waals surface area contributed by atoms with Gasteiger partial charge in [0.15, 0.2) is 0 Å². The molecular weight excluding hydrogens is 301 g/mol. The monoisotopic (exact) mass is 315 g/mol. The predicted molar refractivity (Wildman–Crippen MR) is 78.2 cm³/mol. The average Bonchev–Trinajstić information content (AvgIpc) is 2.37. The number of aliphatic carboxylic acids is 1. The number of halogens is 2. The van der Waals surface area contributed by atoms with Crippen LogP contribution in [0.15, 0.2) is 18.2 Å². The Morgan fingerprint density at radius 1 is 1.05 bits per heavy atom. The first-order valence-corrected chi connectivity index (χ1v) is 7.22. The molecule has 20 heavy (non-hydrogen) atoms. The van der Waals surface area contributed by atoms with E-state index < -0.39 is 17.8 Å². The Balaban J connectivity index is 2.11. The van der Waals surface area contributed by atoms with Gasteiger partial charge in [0, 0.05) is 15.7 Å². The van der Waals surface area contributed by atoms with Gasteiger partial charge in [-0.3, -0.25) is 9.59 Å². The summed E-state index contributed by atoms with van der Waals surface area (Å²) in [6.45, 7) is 0. The Hall–Kier alpha value is -1.26. The Labute approximate surface area is 127 Å². The second-order valence-corrected chi connectivity index (χ2v) is 5.86. The third-order valence-electron chi connectivity index (χ3n) is 3.55. The van der Waals surface area contributed by atoms with E-state index in [-0.39, 0.29) is 5.91 Å². The van der Waals surface area contributed by atoms with Gasteiger partial charge in [-0.1, -0.05) is 36.0 Å². The third-order valence-corrected chi connectivity index (χ3v) is 3.99. The second kappa shape index (κ2) is 6.46. The maximum atomic E-state index is 12.2. The van der Waals surface area contributed by atoms with Crippen molar-refractivity contribution in [3.8, 4) is 0 Å². The van der Waals surface area contributed by atoms with Crippen molar-refractivity contribution >= 4 is 40.8 Å². The lowest BCUT2D eigenvalue weighted by molar-refractivity contribution is -0.147. The normalized spacial score (nSPS) is 22.3. The van der Waals surface area contributed by atoms with Crippen LogP contribution in [0.1, 0.15) is 25.7 Å². The molecule has 2 N–H and O–H groups in total. The summed E-state index contributed by atoms with van der Waals surface area (Å²) in [6.07, 6.45) is 2.86. The molecule has 0 radical (unpaired) electrons. The molecule has 0 bridgehead atoms.